The zero-order valence-corrected chi connectivity index (χ0v) is 13.7. The first-order valence-electron chi connectivity index (χ1n) is 8.54. The smallest absolute Gasteiger partial charge is 0.0610 e. The normalized spacial score (nSPS) is 31.9. The molecule has 2 N–H and O–H groups in total. The molecule has 0 saturated heterocycles. The van der Waals surface area contributed by atoms with Crippen LogP contribution in [0.3, 0.4) is 0 Å². The number of fused-ring (bicyclic) bond motifs is 2. The minimum absolute atomic E-state index is 0.0941. The van der Waals surface area contributed by atoms with Crippen molar-refractivity contribution in [2.75, 3.05) is 33.8 Å². The second kappa shape index (κ2) is 7.24. The van der Waals surface area contributed by atoms with Gasteiger partial charge < -0.3 is 15.3 Å². The molecule has 4 unspecified atom stereocenters. The van der Waals surface area contributed by atoms with Gasteiger partial charge in [0.1, 0.15) is 0 Å². The van der Waals surface area contributed by atoms with Crippen molar-refractivity contribution in [1.82, 2.24) is 10.2 Å². The Bertz CT molecular complexity index is 291. The van der Waals surface area contributed by atoms with E-state index in [1.165, 1.54) is 51.6 Å². The summed E-state index contributed by atoms with van der Waals surface area (Å²) in [6.07, 6.45) is 9.53. The molecule has 3 nitrogen and oxygen atoms in total. The van der Waals surface area contributed by atoms with E-state index in [0.29, 0.717) is 0 Å². The van der Waals surface area contributed by atoms with Crippen LogP contribution in [-0.4, -0.2) is 49.3 Å². The third-order valence-corrected chi connectivity index (χ3v) is 5.90. The van der Waals surface area contributed by atoms with Crippen molar-refractivity contribution in [3.05, 3.63) is 0 Å². The van der Waals surface area contributed by atoms with Gasteiger partial charge >= 0.3 is 0 Å². The number of nitrogens with zero attached hydrogens (tertiary/aromatic N) is 1. The summed E-state index contributed by atoms with van der Waals surface area (Å²) in [7, 11) is 4.23. The van der Waals surface area contributed by atoms with Gasteiger partial charge in [0.15, 0.2) is 0 Å². The molecule has 0 spiro atoms. The van der Waals surface area contributed by atoms with Gasteiger partial charge in [-0.05, 0) is 77.4 Å². The summed E-state index contributed by atoms with van der Waals surface area (Å²) in [6, 6.07) is 0. The summed E-state index contributed by atoms with van der Waals surface area (Å²) in [5.41, 5.74) is -0.0941. The third kappa shape index (κ3) is 4.19. The highest BCUT2D eigenvalue weighted by molar-refractivity contribution is 4.91. The first-order chi connectivity index (χ1) is 9.56. The monoisotopic (exact) mass is 282 g/mol. The summed E-state index contributed by atoms with van der Waals surface area (Å²) >= 11 is 0. The quantitative estimate of drug-likeness (QED) is 0.638. The Morgan fingerprint density at radius 2 is 2.05 bits per heavy atom. The molecule has 4 atom stereocenters. The van der Waals surface area contributed by atoms with Crippen molar-refractivity contribution in [2.24, 2.45) is 17.8 Å². The molecule has 2 aliphatic rings. The molecule has 2 rings (SSSR count). The van der Waals surface area contributed by atoms with Crippen LogP contribution in [0, 0.1) is 17.8 Å². The van der Waals surface area contributed by atoms with Gasteiger partial charge in [-0.2, -0.15) is 0 Å². The van der Waals surface area contributed by atoms with Crippen molar-refractivity contribution in [3.63, 3.8) is 0 Å². The standard InChI is InChI=1S/C17H34N2O/c1-17(13-20,18-2)8-4-5-9-19(3)12-16-11-14-6-7-15(16)10-14/h14-16,18,20H,4-13H2,1-3H3. The molecule has 20 heavy (non-hydrogen) atoms. The van der Waals surface area contributed by atoms with Crippen molar-refractivity contribution in [3.8, 4) is 0 Å². The lowest BCUT2D eigenvalue weighted by Crippen LogP contribution is -2.43. The van der Waals surface area contributed by atoms with E-state index in [0.717, 1.165) is 24.2 Å². The topological polar surface area (TPSA) is 35.5 Å². The van der Waals surface area contributed by atoms with Crippen LogP contribution in [0.5, 0.6) is 0 Å². The summed E-state index contributed by atoms with van der Waals surface area (Å²) in [5.74, 6) is 3.10. The Morgan fingerprint density at radius 1 is 1.25 bits per heavy atom. The molecule has 0 amide bonds. The predicted molar refractivity (Wildman–Crippen MR) is 84.8 cm³/mol. The highest BCUT2D eigenvalue weighted by atomic mass is 16.3. The van der Waals surface area contributed by atoms with E-state index in [1.54, 1.807) is 0 Å². The number of rotatable bonds is 9. The van der Waals surface area contributed by atoms with Crippen LogP contribution < -0.4 is 5.32 Å². The van der Waals surface area contributed by atoms with Crippen molar-refractivity contribution < 1.29 is 5.11 Å². The maximum absolute atomic E-state index is 9.37. The van der Waals surface area contributed by atoms with E-state index in [4.69, 9.17) is 0 Å². The fraction of sp³-hybridized carbons (Fsp3) is 1.00. The lowest BCUT2D eigenvalue weighted by atomic mass is 9.88. The van der Waals surface area contributed by atoms with Gasteiger partial charge in [-0.1, -0.05) is 12.8 Å². The molecule has 0 aliphatic heterocycles. The second-order valence-corrected chi connectivity index (χ2v) is 7.62. The lowest BCUT2D eigenvalue weighted by molar-refractivity contribution is 0.167. The van der Waals surface area contributed by atoms with E-state index in [9.17, 15) is 5.11 Å². The zero-order chi connectivity index (χ0) is 14.6. The molecular formula is C17H34N2O. The summed E-state index contributed by atoms with van der Waals surface area (Å²) < 4.78 is 0. The van der Waals surface area contributed by atoms with Crippen molar-refractivity contribution in [2.45, 2.75) is 57.4 Å². The van der Waals surface area contributed by atoms with Crippen LogP contribution in [-0.2, 0) is 0 Å². The van der Waals surface area contributed by atoms with E-state index >= 15 is 0 Å². The average Bonchev–Trinajstić information content (AvgIpc) is 3.06. The van der Waals surface area contributed by atoms with E-state index in [2.05, 4.69) is 24.2 Å². The van der Waals surface area contributed by atoms with Gasteiger partial charge in [0.2, 0.25) is 0 Å². The van der Waals surface area contributed by atoms with Gasteiger partial charge in [0, 0.05) is 12.1 Å². The minimum Gasteiger partial charge on any atom is -0.394 e. The van der Waals surface area contributed by atoms with E-state index < -0.39 is 0 Å². The zero-order valence-electron chi connectivity index (χ0n) is 13.7. The van der Waals surface area contributed by atoms with Crippen molar-refractivity contribution in [1.29, 1.82) is 0 Å². The SMILES string of the molecule is CNC(C)(CO)CCCCN(C)CC1CC2CCC1C2. The molecule has 0 radical (unpaired) electrons. The highest BCUT2D eigenvalue weighted by Crippen LogP contribution is 2.48. The van der Waals surface area contributed by atoms with E-state index in [1.807, 2.05) is 7.05 Å². The highest BCUT2D eigenvalue weighted by Gasteiger charge is 2.39. The van der Waals surface area contributed by atoms with Crippen molar-refractivity contribution >= 4 is 0 Å². The van der Waals surface area contributed by atoms with E-state index in [-0.39, 0.29) is 12.1 Å². The number of aliphatic hydroxyl groups is 1. The second-order valence-electron chi connectivity index (χ2n) is 7.62. The molecule has 2 aliphatic carbocycles. The summed E-state index contributed by atoms with van der Waals surface area (Å²) in [5, 5.41) is 12.6. The molecule has 2 saturated carbocycles. The van der Waals surface area contributed by atoms with Crippen LogP contribution in [0.1, 0.15) is 51.9 Å². The number of nitrogens with one attached hydrogen (secondary N) is 1. The van der Waals surface area contributed by atoms with Gasteiger partial charge in [-0.15, -0.1) is 0 Å². The first-order valence-corrected chi connectivity index (χ1v) is 8.54. The Hall–Kier alpha value is -0.120. The van der Waals surface area contributed by atoms with Gasteiger partial charge in [-0.3, -0.25) is 0 Å². The lowest BCUT2D eigenvalue weighted by Gasteiger charge is -2.29. The van der Waals surface area contributed by atoms with Gasteiger partial charge in [-0.25, -0.2) is 0 Å². The van der Waals surface area contributed by atoms with Crippen LogP contribution >= 0.6 is 0 Å². The van der Waals surface area contributed by atoms with Gasteiger partial charge in [0.05, 0.1) is 6.61 Å². The Kier molecular flexibility index (Phi) is 5.88. The number of unbranched alkanes of at least 4 members (excludes halogenated alkanes) is 1. The van der Waals surface area contributed by atoms with Crippen LogP contribution in [0.2, 0.25) is 0 Å². The molecule has 0 aromatic rings. The maximum Gasteiger partial charge on any atom is 0.0610 e. The Balaban J connectivity index is 1.57. The molecule has 118 valence electrons. The predicted octanol–water partition coefficient (Wildman–Crippen LogP) is 2.50. The minimum atomic E-state index is -0.0941. The largest absolute Gasteiger partial charge is 0.394 e. The Labute approximate surface area is 125 Å². The fourth-order valence-electron chi connectivity index (χ4n) is 4.27. The number of likely N-dealkylation sites (N-methyl/N-ethyl adjacent to an activating group) is 1. The summed E-state index contributed by atoms with van der Waals surface area (Å²) in [4.78, 5) is 2.54. The molecule has 3 heteroatoms. The third-order valence-electron chi connectivity index (χ3n) is 5.90. The molecule has 0 aromatic heterocycles. The number of aliphatic hydroxyl groups excluding tert-OH is 1. The molecule has 2 bridgehead atoms. The Morgan fingerprint density at radius 3 is 2.60 bits per heavy atom. The van der Waals surface area contributed by atoms with Crippen LogP contribution in [0.4, 0.5) is 0 Å². The van der Waals surface area contributed by atoms with Crippen LogP contribution in [0.25, 0.3) is 0 Å². The molecular weight excluding hydrogens is 248 g/mol. The first kappa shape index (κ1) is 16.3. The van der Waals surface area contributed by atoms with Gasteiger partial charge in [0.25, 0.3) is 0 Å². The number of hydrogen-bond acceptors (Lipinski definition) is 3. The maximum atomic E-state index is 9.37. The average molecular weight is 282 g/mol. The molecule has 0 heterocycles. The molecule has 0 aromatic carbocycles. The molecule has 2 fully saturated rings. The van der Waals surface area contributed by atoms with Crippen LogP contribution in [0.15, 0.2) is 0 Å². The number of hydrogen-bond donors (Lipinski definition) is 2. The fourth-order valence-corrected chi connectivity index (χ4v) is 4.27. The summed E-state index contributed by atoms with van der Waals surface area (Å²) in [6.45, 7) is 4.85.